The quantitative estimate of drug-likeness (QED) is 0.651. The number of aryl methyl sites for hydroxylation is 2. The smallest absolute Gasteiger partial charge is 0.204 e. The van der Waals surface area contributed by atoms with Crippen LogP contribution in [0.2, 0.25) is 0 Å². The van der Waals surface area contributed by atoms with Crippen molar-refractivity contribution < 1.29 is 13.3 Å². The fraction of sp³-hybridized carbons (Fsp3) is 0.154. The summed E-state index contributed by atoms with van der Waals surface area (Å²) in [5.41, 5.74) is 2.29. The van der Waals surface area contributed by atoms with Crippen molar-refractivity contribution in [3.8, 4) is 11.3 Å². The number of nitrogens with zero attached hydrogens (tertiary/aromatic N) is 1. The second kappa shape index (κ2) is 4.00. The molecule has 0 spiro atoms. The molecule has 0 fully saturated rings. The maximum atomic E-state index is 13.2. The Balaban J connectivity index is 2.65. The third-order valence-corrected chi connectivity index (χ3v) is 2.60. The molecule has 1 nitrogen and oxygen atoms in total. The number of pyridine rings is 1. The van der Waals surface area contributed by atoms with Crippen molar-refractivity contribution in [2.45, 2.75) is 6.92 Å². The van der Waals surface area contributed by atoms with E-state index in [2.05, 4.69) is 0 Å². The van der Waals surface area contributed by atoms with Gasteiger partial charge < -0.3 is 0 Å². The van der Waals surface area contributed by atoms with Gasteiger partial charge in [-0.25, -0.2) is 13.3 Å². The molecule has 1 aromatic carbocycles. The van der Waals surface area contributed by atoms with Crippen molar-refractivity contribution >= 4 is 0 Å². The summed E-state index contributed by atoms with van der Waals surface area (Å²) in [7, 11) is 1.87. The largest absolute Gasteiger partial charge is 0.212 e. The van der Waals surface area contributed by atoms with E-state index in [9.17, 15) is 8.78 Å². The van der Waals surface area contributed by atoms with Gasteiger partial charge in [0, 0.05) is 12.1 Å². The lowest BCUT2D eigenvalue weighted by Gasteiger charge is -2.04. The van der Waals surface area contributed by atoms with Gasteiger partial charge in [0.2, 0.25) is 5.69 Å². The molecule has 0 saturated carbocycles. The zero-order valence-corrected chi connectivity index (χ0v) is 9.17. The zero-order valence-electron chi connectivity index (χ0n) is 9.17. The summed E-state index contributed by atoms with van der Waals surface area (Å²) in [5.74, 6) is -1.62. The summed E-state index contributed by atoms with van der Waals surface area (Å²) in [6, 6.07) is 8.09. The Bertz CT molecular complexity index is 535. The second-order valence-electron chi connectivity index (χ2n) is 3.78. The van der Waals surface area contributed by atoms with E-state index in [0.29, 0.717) is 5.56 Å². The summed E-state index contributed by atoms with van der Waals surface area (Å²) in [6.45, 7) is 1.77. The van der Waals surface area contributed by atoms with Crippen LogP contribution in [0.15, 0.2) is 36.5 Å². The molecule has 0 aliphatic heterocycles. The van der Waals surface area contributed by atoms with E-state index < -0.39 is 11.6 Å². The molecule has 0 atom stereocenters. The number of aromatic nitrogens is 1. The molecular formula is C13H12F2N+. The van der Waals surface area contributed by atoms with E-state index in [-0.39, 0.29) is 0 Å². The van der Waals surface area contributed by atoms with Crippen molar-refractivity contribution in [1.29, 1.82) is 0 Å². The normalized spacial score (nSPS) is 10.5. The molecule has 0 N–H and O–H groups in total. The molecule has 1 heterocycles. The molecule has 82 valence electrons. The first-order valence-electron chi connectivity index (χ1n) is 5.00. The van der Waals surface area contributed by atoms with Crippen LogP contribution >= 0.6 is 0 Å². The molecule has 1 aromatic heterocycles. The molecule has 2 aromatic rings. The van der Waals surface area contributed by atoms with Gasteiger partial charge in [-0.15, -0.1) is 0 Å². The molecule has 16 heavy (non-hydrogen) atoms. The Morgan fingerprint density at radius 3 is 2.44 bits per heavy atom. The standard InChI is InChI=1S/C13H12F2N/c1-9-7-11(14)12(15)8-10(9)13-5-3-4-6-16(13)2/h3-8H,1-2H3/q+1. The van der Waals surface area contributed by atoms with Crippen LogP contribution in [0.3, 0.4) is 0 Å². The van der Waals surface area contributed by atoms with Gasteiger partial charge in [0.05, 0.1) is 5.56 Å². The number of rotatable bonds is 1. The topological polar surface area (TPSA) is 3.88 Å². The molecule has 0 radical (unpaired) electrons. The molecule has 0 aliphatic carbocycles. The van der Waals surface area contributed by atoms with Crippen LogP contribution in [0.5, 0.6) is 0 Å². The van der Waals surface area contributed by atoms with Gasteiger partial charge in [0.1, 0.15) is 7.05 Å². The number of benzene rings is 1. The Kier molecular flexibility index (Phi) is 2.69. The molecule has 0 bridgehead atoms. The Labute approximate surface area is 93.0 Å². The summed E-state index contributed by atoms with van der Waals surface area (Å²) in [5, 5.41) is 0. The second-order valence-corrected chi connectivity index (χ2v) is 3.78. The van der Waals surface area contributed by atoms with Gasteiger partial charge in [0.25, 0.3) is 0 Å². The number of halogens is 2. The highest BCUT2D eigenvalue weighted by Gasteiger charge is 2.14. The lowest BCUT2D eigenvalue weighted by molar-refractivity contribution is -0.660. The van der Waals surface area contributed by atoms with Crippen LogP contribution in [0.4, 0.5) is 8.78 Å². The molecular weight excluding hydrogens is 208 g/mol. The van der Waals surface area contributed by atoms with Crippen molar-refractivity contribution in [3.05, 3.63) is 53.7 Å². The summed E-state index contributed by atoms with van der Waals surface area (Å²) in [4.78, 5) is 0. The number of hydrogen-bond donors (Lipinski definition) is 0. The first kappa shape index (κ1) is 10.7. The van der Waals surface area contributed by atoms with Crippen LogP contribution in [0.25, 0.3) is 11.3 Å². The van der Waals surface area contributed by atoms with Crippen molar-refractivity contribution in [2.75, 3.05) is 0 Å². The van der Waals surface area contributed by atoms with Gasteiger partial charge in [-0.05, 0) is 30.7 Å². The summed E-state index contributed by atoms with van der Waals surface area (Å²) in [6.07, 6.45) is 1.87. The predicted molar refractivity (Wildman–Crippen MR) is 57.7 cm³/mol. The average molecular weight is 220 g/mol. The van der Waals surface area contributed by atoms with Crippen LogP contribution in [0.1, 0.15) is 5.56 Å². The molecule has 0 aliphatic rings. The van der Waals surface area contributed by atoms with Crippen molar-refractivity contribution in [2.24, 2.45) is 7.05 Å². The molecule has 0 unspecified atom stereocenters. The highest BCUT2D eigenvalue weighted by molar-refractivity contribution is 5.60. The minimum atomic E-state index is -0.815. The maximum absolute atomic E-state index is 13.2. The van der Waals surface area contributed by atoms with Crippen molar-refractivity contribution in [3.63, 3.8) is 0 Å². The van der Waals surface area contributed by atoms with E-state index in [0.717, 1.165) is 11.3 Å². The highest BCUT2D eigenvalue weighted by atomic mass is 19.2. The number of hydrogen-bond acceptors (Lipinski definition) is 0. The Hall–Kier alpha value is -1.77. The molecule has 3 heteroatoms. The predicted octanol–water partition coefficient (Wildman–Crippen LogP) is 2.76. The van der Waals surface area contributed by atoms with E-state index in [1.54, 1.807) is 6.92 Å². The van der Waals surface area contributed by atoms with Crippen LogP contribution in [-0.4, -0.2) is 0 Å². The first-order valence-corrected chi connectivity index (χ1v) is 5.00. The fourth-order valence-electron chi connectivity index (χ4n) is 1.73. The maximum Gasteiger partial charge on any atom is 0.212 e. The highest BCUT2D eigenvalue weighted by Crippen LogP contribution is 2.22. The van der Waals surface area contributed by atoms with E-state index in [1.807, 2.05) is 36.0 Å². The minimum absolute atomic E-state index is 0.710. The van der Waals surface area contributed by atoms with E-state index >= 15 is 0 Å². The van der Waals surface area contributed by atoms with E-state index in [1.165, 1.54) is 12.1 Å². The average Bonchev–Trinajstić information content (AvgIpc) is 2.25. The van der Waals surface area contributed by atoms with Gasteiger partial charge in [-0.2, -0.15) is 0 Å². The third-order valence-electron chi connectivity index (χ3n) is 2.60. The van der Waals surface area contributed by atoms with Gasteiger partial charge >= 0.3 is 0 Å². The molecule has 0 amide bonds. The van der Waals surface area contributed by atoms with Crippen LogP contribution in [0, 0.1) is 18.6 Å². The summed E-state index contributed by atoms with van der Waals surface area (Å²) >= 11 is 0. The van der Waals surface area contributed by atoms with Crippen molar-refractivity contribution in [1.82, 2.24) is 0 Å². The van der Waals surface area contributed by atoms with Crippen LogP contribution < -0.4 is 4.57 Å². The zero-order chi connectivity index (χ0) is 11.7. The van der Waals surface area contributed by atoms with Gasteiger partial charge in [-0.3, -0.25) is 0 Å². The lowest BCUT2D eigenvalue weighted by atomic mass is 10.0. The monoisotopic (exact) mass is 220 g/mol. The molecule has 2 rings (SSSR count). The fourth-order valence-corrected chi connectivity index (χ4v) is 1.73. The minimum Gasteiger partial charge on any atom is -0.204 e. The van der Waals surface area contributed by atoms with Crippen LogP contribution in [-0.2, 0) is 7.05 Å². The Morgan fingerprint density at radius 2 is 1.75 bits per heavy atom. The Morgan fingerprint density at radius 1 is 1.06 bits per heavy atom. The SMILES string of the molecule is Cc1cc(F)c(F)cc1-c1cccc[n+]1C. The summed E-state index contributed by atoms with van der Waals surface area (Å²) < 4.78 is 28.1. The third kappa shape index (κ3) is 1.81. The van der Waals surface area contributed by atoms with E-state index in [4.69, 9.17) is 0 Å². The molecule has 0 saturated heterocycles. The van der Waals surface area contributed by atoms with Gasteiger partial charge in [-0.1, -0.05) is 0 Å². The van der Waals surface area contributed by atoms with Gasteiger partial charge in [0.15, 0.2) is 17.8 Å². The lowest BCUT2D eigenvalue weighted by Crippen LogP contribution is -2.30. The first-order chi connectivity index (χ1) is 7.59.